The predicted molar refractivity (Wildman–Crippen MR) is 34.7 cm³/mol. The number of aliphatic hydroxyl groups is 1. The Kier molecular flexibility index (Phi) is 1.74. The molecule has 1 N–H and O–H groups in total. The van der Waals surface area contributed by atoms with E-state index < -0.39 is 15.9 Å². The highest BCUT2D eigenvalue weighted by Gasteiger charge is 2.45. The molecule has 5 heteroatoms. The molecule has 0 atom stereocenters. The topological polar surface area (TPSA) is 63.6 Å². The molecular weight excluding hydrogens is 156 g/mol. The van der Waals surface area contributed by atoms with E-state index in [0.717, 1.165) is 0 Å². The van der Waals surface area contributed by atoms with Crippen LogP contribution < -0.4 is 0 Å². The third-order valence-electron chi connectivity index (χ3n) is 1.31. The Hall–Kier alpha value is -0.130. The van der Waals surface area contributed by atoms with Crippen molar-refractivity contribution < 1.29 is 17.7 Å². The molecule has 1 fully saturated rings. The molecule has 0 spiro atoms. The molecule has 0 unspecified atom stereocenters. The zero-order valence-corrected chi connectivity index (χ0v) is 6.52. The second-order valence-corrected chi connectivity index (χ2v) is 4.24. The van der Waals surface area contributed by atoms with Crippen LogP contribution in [0.25, 0.3) is 0 Å². The Morgan fingerprint density at radius 1 is 1.60 bits per heavy atom. The summed E-state index contributed by atoms with van der Waals surface area (Å²) in [6.07, 6.45) is 0.846. The molecule has 60 valence electrons. The molecule has 1 aliphatic rings. The molecular formula is C5H10O4S. The van der Waals surface area contributed by atoms with Crippen molar-refractivity contribution in [1.82, 2.24) is 0 Å². The molecule has 0 amide bonds. The van der Waals surface area contributed by atoms with Gasteiger partial charge in [-0.2, -0.15) is 8.42 Å². The van der Waals surface area contributed by atoms with Gasteiger partial charge in [-0.1, -0.05) is 0 Å². The van der Waals surface area contributed by atoms with E-state index in [1.54, 1.807) is 0 Å². The largest absolute Gasteiger partial charge is 0.364 e. The van der Waals surface area contributed by atoms with Crippen molar-refractivity contribution in [3.8, 4) is 0 Å². The summed E-state index contributed by atoms with van der Waals surface area (Å²) in [7, 11) is -3.46. The van der Waals surface area contributed by atoms with Crippen LogP contribution in [0.5, 0.6) is 0 Å². The van der Waals surface area contributed by atoms with Gasteiger partial charge in [-0.3, -0.25) is 0 Å². The van der Waals surface area contributed by atoms with Crippen molar-refractivity contribution in [2.24, 2.45) is 0 Å². The summed E-state index contributed by atoms with van der Waals surface area (Å²) in [6.45, 7) is 1.47. The van der Waals surface area contributed by atoms with Crippen molar-refractivity contribution in [2.45, 2.75) is 25.6 Å². The average Bonchev–Trinajstić information content (AvgIpc) is 2.47. The lowest BCUT2D eigenvalue weighted by atomic mass is 10.7. The minimum absolute atomic E-state index is 0.0880. The molecule has 1 rings (SSSR count). The molecule has 0 radical (unpaired) electrons. The van der Waals surface area contributed by atoms with Gasteiger partial charge in [0.05, 0.1) is 5.75 Å². The van der Waals surface area contributed by atoms with Gasteiger partial charge in [0, 0.05) is 12.8 Å². The van der Waals surface area contributed by atoms with Gasteiger partial charge in [0.1, 0.15) is 0 Å². The first-order valence-corrected chi connectivity index (χ1v) is 4.71. The molecule has 0 aromatic heterocycles. The summed E-state index contributed by atoms with van der Waals surface area (Å²) in [6, 6.07) is 0. The molecule has 0 saturated heterocycles. The highest BCUT2D eigenvalue weighted by molar-refractivity contribution is 7.86. The maximum atomic E-state index is 10.7. The van der Waals surface area contributed by atoms with Gasteiger partial charge >= 0.3 is 0 Å². The third kappa shape index (κ3) is 1.93. The normalized spacial score (nSPS) is 22.6. The van der Waals surface area contributed by atoms with Crippen LogP contribution in [0.15, 0.2) is 0 Å². The molecule has 1 saturated carbocycles. The lowest BCUT2D eigenvalue weighted by Gasteiger charge is -2.06. The lowest BCUT2D eigenvalue weighted by molar-refractivity contribution is -0.0389. The molecule has 10 heavy (non-hydrogen) atoms. The van der Waals surface area contributed by atoms with Crippen LogP contribution in [0.4, 0.5) is 0 Å². The van der Waals surface area contributed by atoms with Gasteiger partial charge in [-0.25, -0.2) is 4.18 Å². The molecule has 0 aromatic carbocycles. The van der Waals surface area contributed by atoms with E-state index in [1.165, 1.54) is 6.92 Å². The Balaban J connectivity index is 2.53. The van der Waals surface area contributed by atoms with Gasteiger partial charge < -0.3 is 5.11 Å². The lowest BCUT2D eigenvalue weighted by Crippen LogP contribution is -2.20. The number of hydrogen-bond donors (Lipinski definition) is 1. The van der Waals surface area contributed by atoms with Crippen LogP contribution >= 0.6 is 0 Å². The Bertz CT molecular complexity index is 214. The van der Waals surface area contributed by atoms with Crippen LogP contribution in [0.3, 0.4) is 0 Å². The summed E-state index contributed by atoms with van der Waals surface area (Å²) >= 11 is 0. The van der Waals surface area contributed by atoms with Crippen LogP contribution in [-0.2, 0) is 14.3 Å². The summed E-state index contributed by atoms with van der Waals surface area (Å²) < 4.78 is 25.8. The van der Waals surface area contributed by atoms with Crippen molar-refractivity contribution in [3.63, 3.8) is 0 Å². The van der Waals surface area contributed by atoms with E-state index in [-0.39, 0.29) is 5.75 Å². The smallest absolute Gasteiger partial charge is 0.269 e. The maximum absolute atomic E-state index is 10.7. The van der Waals surface area contributed by atoms with Crippen molar-refractivity contribution in [1.29, 1.82) is 0 Å². The maximum Gasteiger partial charge on any atom is 0.269 e. The summed E-state index contributed by atoms with van der Waals surface area (Å²) in [4.78, 5) is 0. The van der Waals surface area contributed by atoms with Gasteiger partial charge in [0.2, 0.25) is 0 Å². The first-order chi connectivity index (χ1) is 4.47. The quantitative estimate of drug-likeness (QED) is 0.467. The monoisotopic (exact) mass is 166 g/mol. The highest BCUT2D eigenvalue weighted by Crippen LogP contribution is 2.37. The van der Waals surface area contributed by atoms with Crippen LogP contribution in [0, 0.1) is 0 Å². The first-order valence-electron chi connectivity index (χ1n) is 3.13. The molecule has 0 heterocycles. The minimum atomic E-state index is -3.46. The van der Waals surface area contributed by atoms with E-state index in [0.29, 0.717) is 12.8 Å². The van der Waals surface area contributed by atoms with Gasteiger partial charge in [-0.05, 0) is 6.92 Å². The third-order valence-corrected chi connectivity index (χ3v) is 2.58. The second-order valence-electron chi connectivity index (χ2n) is 2.38. The Morgan fingerprint density at radius 2 is 2.10 bits per heavy atom. The van der Waals surface area contributed by atoms with Gasteiger partial charge in [0.15, 0.2) is 5.79 Å². The van der Waals surface area contributed by atoms with Gasteiger partial charge in [0.25, 0.3) is 10.1 Å². The minimum Gasteiger partial charge on any atom is -0.364 e. The van der Waals surface area contributed by atoms with E-state index in [2.05, 4.69) is 4.18 Å². The zero-order valence-electron chi connectivity index (χ0n) is 5.70. The average molecular weight is 166 g/mol. The molecule has 4 nitrogen and oxygen atoms in total. The van der Waals surface area contributed by atoms with Crippen molar-refractivity contribution in [2.75, 3.05) is 5.75 Å². The standard InChI is InChI=1S/C5H10O4S/c1-2-10(7,8)9-5(6)3-4-5/h6H,2-4H2,1H3. The summed E-state index contributed by atoms with van der Waals surface area (Å²) in [5.41, 5.74) is 0. The fraction of sp³-hybridized carbons (Fsp3) is 1.00. The number of hydrogen-bond acceptors (Lipinski definition) is 4. The van der Waals surface area contributed by atoms with Crippen LogP contribution in [0.1, 0.15) is 19.8 Å². The molecule has 0 aliphatic heterocycles. The SMILES string of the molecule is CCS(=O)(=O)OC1(O)CC1. The van der Waals surface area contributed by atoms with E-state index in [1.807, 2.05) is 0 Å². The van der Waals surface area contributed by atoms with Gasteiger partial charge in [-0.15, -0.1) is 0 Å². The van der Waals surface area contributed by atoms with Crippen molar-refractivity contribution in [3.05, 3.63) is 0 Å². The highest BCUT2D eigenvalue weighted by atomic mass is 32.2. The second kappa shape index (κ2) is 2.18. The summed E-state index contributed by atoms with van der Waals surface area (Å²) in [5.74, 6) is -1.44. The van der Waals surface area contributed by atoms with Crippen molar-refractivity contribution >= 4 is 10.1 Å². The Morgan fingerprint density at radius 3 is 2.40 bits per heavy atom. The van der Waals surface area contributed by atoms with E-state index in [4.69, 9.17) is 5.11 Å². The Labute approximate surface area is 59.9 Å². The van der Waals surface area contributed by atoms with Crippen LogP contribution in [-0.4, -0.2) is 25.1 Å². The predicted octanol–water partition coefficient (Wildman–Crippen LogP) is -0.165. The molecule has 1 aliphatic carbocycles. The fourth-order valence-electron chi connectivity index (χ4n) is 0.486. The van der Waals surface area contributed by atoms with Crippen LogP contribution in [0.2, 0.25) is 0 Å². The molecule has 0 bridgehead atoms. The summed E-state index contributed by atoms with van der Waals surface area (Å²) in [5, 5.41) is 8.99. The van der Waals surface area contributed by atoms with E-state index in [9.17, 15) is 8.42 Å². The first kappa shape index (κ1) is 7.97. The van der Waals surface area contributed by atoms with E-state index >= 15 is 0 Å². The zero-order chi connectivity index (χ0) is 7.83. The number of rotatable bonds is 3. The molecule has 0 aromatic rings. The fourth-order valence-corrected chi connectivity index (χ4v) is 1.24.